The fraction of sp³-hybridized carbons (Fsp3) is 0.273. The Morgan fingerprint density at radius 3 is 2.67 bits per heavy atom. The van der Waals surface area contributed by atoms with Gasteiger partial charge in [0.2, 0.25) is 5.95 Å². The van der Waals surface area contributed by atoms with E-state index in [1.165, 1.54) is 12.1 Å². The van der Waals surface area contributed by atoms with Gasteiger partial charge in [0.25, 0.3) is 5.91 Å². The van der Waals surface area contributed by atoms with E-state index < -0.39 is 5.82 Å². The lowest BCUT2D eigenvalue weighted by atomic mass is 10.3. The van der Waals surface area contributed by atoms with Gasteiger partial charge in [-0.25, -0.2) is 9.37 Å². The second-order valence-corrected chi connectivity index (χ2v) is 6.89. The molecule has 1 aliphatic heterocycles. The van der Waals surface area contributed by atoms with E-state index in [2.05, 4.69) is 9.88 Å². The number of ether oxygens (including phenoxy) is 2. The Bertz CT molecular complexity index is 1010. The molecule has 2 heterocycles. The monoisotopic (exact) mass is 410 g/mol. The van der Waals surface area contributed by atoms with Crippen LogP contribution in [0, 0.1) is 5.82 Å². The summed E-state index contributed by atoms with van der Waals surface area (Å²) in [5, 5.41) is 0. The molecule has 3 aromatic rings. The van der Waals surface area contributed by atoms with Crippen LogP contribution in [-0.2, 0) is 4.79 Å². The van der Waals surface area contributed by atoms with Crippen molar-refractivity contribution in [1.29, 1.82) is 0 Å². The Morgan fingerprint density at radius 1 is 1.10 bits per heavy atom. The first-order chi connectivity index (χ1) is 14.7. The Balaban J connectivity index is 1.36. The van der Waals surface area contributed by atoms with Crippen molar-refractivity contribution in [2.24, 2.45) is 0 Å². The maximum atomic E-state index is 13.6. The van der Waals surface area contributed by atoms with Crippen molar-refractivity contribution < 1.29 is 18.7 Å². The molecule has 1 aromatic heterocycles. The van der Waals surface area contributed by atoms with Gasteiger partial charge in [0.1, 0.15) is 5.75 Å². The summed E-state index contributed by atoms with van der Waals surface area (Å²) in [7, 11) is 1.64. The van der Waals surface area contributed by atoms with Crippen LogP contribution in [0.5, 0.6) is 11.5 Å². The third kappa shape index (κ3) is 4.22. The molecule has 0 radical (unpaired) electrons. The van der Waals surface area contributed by atoms with E-state index in [9.17, 15) is 9.18 Å². The molecule has 0 aliphatic carbocycles. The van der Waals surface area contributed by atoms with Gasteiger partial charge in [-0.3, -0.25) is 9.36 Å². The number of piperazine rings is 1. The van der Waals surface area contributed by atoms with Gasteiger partial charge in [-0.05, 0) is 24.3 Å². The molecular weight excluding hydrogens is 387 g/mol. The number of carbonyl (C=O) groups excluding carboxylic acids is 1. The lowest BCUT2D eigenvalue weighted by Gasteiger charge is -2.35. The molecule has 0 saturated carbocycles. The SMILES string of the molecule is COc1cccc(-n2ccnc2N2CCN(C(=O)COc3ccccc3F)CC2)c1. The predicted molar refractivity (Wildman–Crippen MR) is 111 cm³/mol. The van der Waals surface area contributed by atoms with Crippen LogP contribution < -0.4 is 14.4 Å². The highest BCUT2D eigenvalue weighted by Gasteiger charge is 2.24. The second-order valence-electron chi connectivity index (χ2n) is 6.89. The van der Waals surface area contributed by atoms with Crippen LogP contribution in [0.2, 0.25) is 0 Å². The van der Waals surface area contributed by atoms with Gasteiger partial charge in [-0.1, -0.05) is 18.2 Å². The van der Waals surface area contributed by atoms with Crippen molar-refractivity contribution in [3.05, 3.63) is 66.7 Å². The van der Waals surface area contributed by atoms with E-state index in [0.29, 0.717) is 26.2 Å². The summed E-state index contributed by atoms with van der Waals surface area (Å²) < 4.78 is 26.3. The van der Waals surface area contributed by atoms with Crippen LogP contribution in [0.4, 0.5) is 10.3 Å². The van der Waals surface area contributed by atoms with E-state index in [0.717, 1.165) is 17.4 Å². The highest BCUT2D eigenvalue weighted by Crippen LogP contribution is 2.23. The fourth-order valence-corrected chi connectivity index (χ4v) is 3.44. The molecule has 30 heavy (non-hydrogen) atoms. The third-order valence-electron chi connectivity index (χ3n) is 5.06. The lowest BCUT2D eigenvalue weighted by Crippen LogP contribution is -2.50. The maximum absolute atomic E-state index is 13.6. The van der Waals surface area contributed by atoms with E-state index in [1.807, 2.05) is 35.0 Å². The van der Waals surface area contributed by atoms with Gasteiger partial charge in [-0.2, -0.15) is 0 Å². The molecule has 0 spiro atoms. The molecule has 0 N–H and O–H groups in total. The number of para-hydroxylation sites is 1. The Kier molecular flexibility index (Phi) is 5.83. The molecule has 8 heteroatoms. The summed E-state index contributed by atoms with van der Waals surface area (Å²) in [6.45, 7) is 2.20. The largest absolute Gasteiger partial charge is 0.497 e. The first-order valence-corrected chi connectivity index (χ1v) is 9.73. The lowest BCUT2D eigenvalue weighted by molar-refractivity contribution is -0.133. The normalized spacial score (nSPS) is 13.9. The van der Waals surface area contributed by atoms with E-state index in [-0.39, 0.29) is 18.3 Å². The van der Waals surface area contributed by atoms with Crippen molar-refractivity contribution in [2.75, 3.05) is 44.8 Å². The summed E-state index contributed by atoms with van der Waals surface area (Å²) in [5.74, 6) is 1.05. The number of hydrogen-bond acceptors (Lipinski definition) is 5. The number of rotatable bonds is 6. The smallest absolute Gasteiger partial charge is 0.260 e. The quantitative estimate of drug-likeness (QED) is 0.626. The van der Waals surface area contributed by atoms with Crippen molar-refractivity contribution in [3.63, 3.8) is 0 Å². The highest BCUT2D eigenvalue weighted by molar-refractivity contribution is 5.78. The molecule has 1 aliphatic rings. The van der Waals surface area contributed by atoms with E-state index in [1.54, 1.807) is 30.3 Å². The summed E-state index contributed by atoms with van der Waals surface area (Å²) in [6.07, 6.45) is 3.67. The minimum absolute atomic E-state index is 0.0878. The van der Waals surface area contributed by atoms with Crippen LogP contribution in [0.3, 0.4) is 0 Å². The minimum Gasteiger partial charge on any atom is -0.497 e. The first kappa shape index (κ1) is 19.8. The number of aromatic nitrogens is 2. The molecule has 0 unspecified atom stereocenters. The minimum atomic E-state index is -0.473. The first-order valence-electron chi connectivity index (χ1n) is 9.73. The molecule has 1 amide bonds. The zero-order chi connectivity index (χ0) is 20.9. The number of imidazole rings is 1. The molecule has 2 aromatic carbocycles. The summed E-state index contributed by atoms with van der Waals surface area (Å²) >= 11 is 0. The molecule has 156 valence electrons. The van der Waals surface area contributed by atoms with Gasteiger partial charge in [0.05, 0.1) is 12.8 Å². The van der Waals surface area contributed by atoms with Crippen molar-refractivity contribution in [3.8, 4) is 17.2 Å². The van der Waals surface area contributed by atoms with Crippen LogP contribution in [-0.4, -0.2) is 60.3 Å². The maximum Gasteiger partial charge on any atom is 0.260 e. The Morgan fingerprint density at radius 2 is 1.90 bits per heavy atom. The average Bonchev–Trinajstić information content (AvgIpc) is 3.28. The van der Waals surface area contributed by atoms with Crippen molar-refractivity contribution in [1.82, 2.24) is 14.5 Å². The van der Waals surface area contributed by atoms with Crippen LogP contribution >= 0.6 is 0 Å². The predicted octanol–water partition coefficient (Wildman–Crippen LogP) is 2.75. The van der Waals surface area contributed by atoms with E-state index in [4.69, 9.17) is 9.47 Å². The van der Waals surface area contributed by atoms with Gasteiger partial charge < -0.3 is 19.3 Å². The average molecular weight is 410 g/mol. The van der Waals surface area contributed by atoms with E-state index >= 15 is 0 Å². The van der Waals surface area contributed by atoms with Crippen LogP contribution in [0.25, 0.3) is 5.69 Å². The number of carbonyl (C=O) groups is 1. The summed E-state index contributed by atoms with van der Waals surface area (Å²) in [4.78, 5) is 20.8. The summed E-state index contributed by atoms with van der Waals surface area (Å²) in [5.41, 5.74) is 0.957. The molecule has 0 bridgehead atoms. The molecule has 1 fully saturated rings. The topological polar surface area (TPSA) is 59.8 Å². The zero-order valence-corrected chi connectivity index (χ0v) is 16.7. The number of methoxy groups -OCH3 is 1. The van der Waals surface area contributed by atoms with Crippen LogP contribution in [0.1, 0.15) is 0 Å². The third-order valence-corrected chi connectivity index (χ3v) is 5.06. The summed E-state index contributed by atoms with van der Waals surface area (Å²) in [6, 6.07) is 13.9. The second kappa shape index (κ2) is 8.86. The molecule has 4 rings (SSSR count). The van der Waals surface area contributed by atoms with Gasteiger partial charge in [0, 0.05) is 44.6 Å². The Labute approximate surface area is 174 Å². The Hall–Kier alpha value is -3.55. The number of halogens is 1. The fourth-order valence-electron chi connectivity index (χ4n) is 3.44. The number of benzene rings is 2. The molecule has 7 nitrogen and oxygen atoms in total. The highest BCUT2D eigenvalue weighted by atomic mass is 19.1. The number of amides is 1. The number of anilines is 1. The van der Waals surface area contributed by atoms with Crippen molar-refractivity contribution in [2.45, 2.75) is 0 Å². The molecule has 0 atom stereocenters. The number of nitrogens with zero attached hydrogens (tertiary/aromatic N) is 4. The van der Waals surface area contributed by atoms with Gasteiger partial charge >= 0.3 is 0 Å². The zero-order valence-electron chi connectivity index (χ0n) is 16.7. The van der Waals surface area contributed by atoms with Crippen molar-refractivity contribution >= 4 is 11.9 Å². The van der Waals surface area contributed by atoms with Gasteiger partial charge in [0.15, 0.2) is 18.2 Å². The molecular formula is C22H23FN4O3. The van der Waals surface area contributed by atoms with Crippen LogP contribution in [0.15, 0.2) is 60.9 Å². The standard InChI is InChI=1S/C22H23FN4O3/c1-29-18-6-4-5-17(15-18)27-10-9-24-22(27)26-13-11-25(12-14-26)21(28)16-30-20-8-3-2-7-19(20)23/h2-10,15H,11-14,16H2,1H3. The number of hydrogen-bond donors (Lipinski definition) is 0. The molecule has 1 saturated heterocycles. The van der Waals surface area contributed by atoms with Gasteiger partial charge in [-0.15, -0.1) is 0 Å².